The molecule has 1 atom stereocenters. The van der Waals surface area contributed by atoms with Crippen molar-refractivity contribution in [1.29, 1.82) is 0 Å². The van der Waals surface area contributed by atoms with Crippen LogP contribution in [0.4, 0.5) is 0 Å². The molecular weight excluding hydrogens is 240 g/mol. The third-order valence-electron chi connectivity index (χ3n) is 4.33. The molecule has 0 aliphatic carbocycles. The molecule has 1 unspecified atom stereocenters. The Hall–Kier alpha value is -0.940. The maximum Gasteiger partial charge on any atom is 0.140 e. The van der Waals surface area contributed by atoms with Gasteiger partial charge in [-0.1, -0.05) is 13.8 Å². The molecule has 5 nitrogen and oxygen atoms in total. The van der Waals surface area contributed by atoms with Gasteiger partial charge in [0, 0.05) is 19.2 Å². The molecule has 0 bridgehead atoms. The van der Waals surface area contributed by atoms with Gasteiger partial charge in [-0.3, -0.25) is 0 Å². The van der Waals surface area contributed by atoms with Gasteiger partial charge in [-0.05, 0) is 32.6 Å². The summed E-state index contributed by atoms with van der Waals surface area (Å²) < 4.78 is 7.95. The van der Waals surface area contributed by atoms with Crippen LogP contribution in [0.25, 0.3) is 0 Å². The summed E-state index contributed by atoms with van der Waals surface area (Å²) in [6.45, 7) is 9.06. The maximum absolute atomic E-state index is 6.00. The van der Waals surface area contributed by atoms with Crippen molar-refractivity contribution in [3.8, 4) is 0 Å². The number of hydrogen-bond donors (Lipinski definition) is 1. The fourth-order valence-electron chi connectivity index (χ4n) is 2.87. The number of nitrogens with zero attached hydrogens (tertiary/aromatic N) is 3. The van der Waals surface area contributed by atoms with Gasteiger partial charge < -0.3 is 10.1 Å². The minimum Gasteiger partial charge on any atom is -0.375 e. The smallest absolute Gasteiger partial charge is 0.140 e. The van der Waals surface area contributed by atoms with Crippen LogP contribution in [-0.2, 0) is 17.8 Å². The number of aryl methyl sites for hydroxylation is 1. The van der Waals surface area contributed by atoms with E-state index in [1.807, 2.05) is 4.68 Å². The molecule has 1 aliphatic rings. The fraction of sp³-hybridized carbons (Fsp3) is 0.857. The van der Waals surface area contributed by atoms with Crippen molar-refractivity contribution < 1.29 is 4.74 Å². The molecule has 108 valence electrons. The second kappa shape index (κ2) is 6.48. The van der Waals surface area contributed by atoms with E-state index in [0.717, 1.165) is 51.2 Å². The lowest BCUT2D eigenvalue weighted by atomic mass is 9.86. The molecule has 1 N–H and O–H groups in total. The fourth-order valence-corrected chi connectivity index (χ4v) is 2.87. The van der Waals surface area contributed by atoms with Crippen LogP contribution < -0.4 is 5.32 Å². The predicted octanol–water partition coefficient (Wildman–Crippen LogP) is 2.13. The van der Waals surface area contributed by atoms with E-state index in [2.05, 4.69) is 36.2 Å². The molecule has 1 aromatic heterocycles. The third kappa shape index (κ3) is 3.34. The number of rotatable bonds is 6. The molecule has 0 spiro atoms. The van der Waals surface area contributed by atoms with Crippen LogP contribution in [0.2, 0.25) is 0 Å². The Labute approximate surface area is 115 Å². The molecule has 0 amide bonds. The Morgan fingerprint density at radius 3 is 2.89 bits per heavy atom. The molecule has 2 heterocycles. The second-order valence-electron chi connectivity index (χ2n) is 5.30. The first-order valence-electron chi connectivity index (χ1n) is 7.47. The van der Waals surface area contributed by atoms with Crippen molar-refractivity contribution in [2.24, 2.45) is 0 Å². The molecule has 0 radical (unpaired) electrons. The van der Waals surface area contributed by atoms with E-state index < -0.39 is 0 Å². The van der Waals surface area contributed by atoms with E-state index in [9.17, 15) is 0 Å². The Balaban J connectivity index is 1.89. The van der Waals surface area contributed by atoms with Crippen LogP contribution in [-0.4, -0.2) is 33.0 Å². The van der Waals surface area contributed by atoms with Crippen molar-refractivity contribution in [3.63, 3.8) is 0 Å². The van der Waals surface area contributed by atoms with E-state index in [1.54, 1.807) is 6.33 Å². The molecule has 19 heavy (non-hydrogen) atoms. The highest BCUT2D eigenvalue weighted by atomic mass is 16.5. The highest BCUT2D eigenvalue weighted by Crippen LogP contribution is 2.31. The molecule has 1 saturated heterocycles. The normalized spacial score (nSPS) is 22.6. The highest BCUT2D eigenvalue weighted by Gasteiger charge is 2.34. The highest BCUT2D eigenvalue weighted by molar-refractivity contribution is 4.90. The number of aromatic nitrogens is 3. The van der Waals surface area contributed by atoms with Gasteiger partial charge in [-0.15, -0.1) is 0 Å². The third-order valence-corrected chi connectivity index (χ3v) is 4.33. The Bertz CT molecular complexity index is 387. The van der Waals surface area contributed by atoms with Crippen LogP contribution in [0.5, 0.6) is 0 Å². The number of ether oxygens (including phenoxy) is 1. The van der Waals surface area contributed by atoms with Crippen molar-refractivity contribution in [2.75, 3.05) is 6.61 Å². The largest absolute Gasteiger partial charge is 0.375 e. The molecule has 2 rings (SSSR count). The monoisotopic (exact) mass is 266 g/mol. The van der Waals surface area contributed by atoms with E-state index in [-0.39, 0.29) is 5.60 Å². The second-order valence-corrected chi connectivity index (χ2v) is 5.30. The van der Waals surface area contributed by atoms with Gasteiger partial charge in [-0.25, -0.2) is 9.67 Å². The summed E-state index contributed by atoms with van der Waals surface area (Å²) in [7, 11) is 0. The van der Waals surface area contributed by atoms with Crippen molar-refractivity contribution >= 4 is 0 Å². The molecule has 5 heteroatoms. The van der Waals surface area contributed by atoms with Crippen LogP contribution in [0.1, 0.15) is 52.3 Å². The first-order valence-corrected chi connectivity index (χ1v) is 7.47. The molecule has 0 saturated carbocycles. The zero-order chi connectivity index (χ0) is 13.7. The summed E-state index contributed by atoms with van der Waals surface area (Å²) in [4.78, 5) is 4.31. The average Bonchev–Trinajstić information content (AvgIpc) is 2.92. The lowest BCUT2D eigenvalue weighted by Crippen LogP contribution is -2.46. The summed E-state index contributed by atoms with van der Waals surface area (Å²) >= 11 is 0. The van der Waals surface area contributed by atoms with E-state index in [0.29, 0.717) is 6.04 Å². The quantitative estimate of drug-likeness (QED) is 0.857. The minimum absolute atomic E-state index is 0.0777. The Morgan fingerprint density at radius 2 is 2.21 bits per heavy atom. The van der Waals surface area contributed by atoms with E-state index >= 15 is 0 Å². The molecule has 1 fully saturated rings. The zero-order valence-corrected chi connectivity index (χ0v) is 12.4. The summed E-state index contributed by atoms with van der Waals surface area (Å²) in [5.41, 5.74) is 0.0777. The van der Waals surface area contributed by atoms with Gasteiger partial charge in [0.1, 0.15) is 12.2 Å². The minimum atomic E-state index is 0.0777. The van der Waals surface area contributed by atoms with Crippen molar-refractivity contribution in [2.45, 2.75) is 71.2 Å². The van der Waals surface area contributed by atoms with Crippen LogP contribution in [0.15, 0.2) is 6.33 Å². The van der Waals surface area contributed by atoms with Gasteiger partial charge in [-0.2, -0.15) is 5.10 Å². The van der Waals surface area contributed by atoms with E-state index in [1.165, 1.54) is 0 Å². The standard InChI is InChI=1S/C14H26N4O/c1-4-14(5-2)9-12(7-8-19-14)15-10-13-16-11-17-18(13)6-3/h11-12,15H,4-10H2,1-3H3. The van der Waals surface area contributed by atoms with Gasteiger partial charge in [0.15, 0.2) is 0 Å². The SMILES string of the molecule is CCn1ncnc1CNC1CCOC(CC)(CC)C1. The maximum atomic E-state index is 6.00. The summed E-state index contributed by atoms with van der Waals surface area (Å²) in [6.07, 6.45) is 5.99. The molecule has 0 aromatic carbocycles. The van der Waals surface area contributed by atoms with Crippen LogP contribution in [0, 0.1) is 0 Å². The lowest BCUT2D eigenvalue weighted by Gasteiger charge is -2.40. The number of nitrogens with one attached hydrogen (secondary N) is 1. The van der Waals surface area contributed by atoms with Gasteiger partial charge in [0.25, 0.3) is 0 Å². The summed E-state index contributed by atoms with van der Waals surface area (Å²) in [5, 5.41) is 7.82. The van der Waals surface area contributed by atoms with Gasteiger partial charge in [0.2, 0.25) is 0 Å². The average molecular weight is 266 g/mol. The molecule has 1 aromatic rings. The lowest BCUT2D eigenvalue weighted by molar-refractivity contribution is -0.0932. The first kappa shape index (κ1) is 14.5. The predicted molar refractivity (Wildman–Crippen MR) is 74.8 cm³/mol. The number of hydrogen-bond acceptors (Lipinski definition) is 4. The van der Waals surface area contributed by atoms with Crippen LogP contribution >= 0.6 is 0 Å². The Morgan fingerprint density at radius 1 is 1.42 bits per heavy atom. The zero-order valence-electron chi connectivity index (χ0n) is 12.4. The topological polar surface area (TPSA) is 52.0 Å². The molecule has 1 aliphatic heterocycles. The van der Waals surface area contributed by atoms with E-state index in [4.69, 9.17) is 4.74 Å². The molecular formula is C14H26N4O. The van der Waals surface area contributed by atoms with Gasteiger partial charge in [0.05, 0.1) is 12.1 Å². The van der Waals surface area contributed by atoms with Gasteiger partial charge >= 0.3 is 0 Å². The first-order chi connectivity index (χ1) is 9.23. The Kier molecular flexibility index (Phi) is 4.93. The summed E-state index contributed by atoms with van der Waals surface area (Å²) in [5.74, 6) is 1.02. The van der Waals surface area contributed by atoms with Crippen molar-refractivity contribution in [3.05, 3.63) is 12.2 Å². The van der Waals surface area contributed by atoms with Crippen molar-refractivity contribution in [1.82, 2.24) is 20.1 Å². The van der Waals surface area contributed by atoms with Crippen LogP contribution in [0.3, 0.4) is 0 Å². The summed E-state index contributed by atoms with van der Waals surface area (Å²) in [6, 6.07) is 0.524.